The SMILES string of the molecule is CSc1nccn1-c1ccc(C(=O)N2CCN(Cc3csc(-c4ccccc4)n3)CC2)cc1. The molecule has 6 nitrogen and oxygen atoms in total. The molecule has 1 aliphatic heterocycles. The molecule has 0 radical (unpaired) electrons. The van der Waals surface area contributed by atoms with Crippen LogP contribution in [0.5, 0.6) is 0 Å². The van der Waals surface area contributed by atoms with Crippen LogP contribution in [0.3, 0.4) is 0 Å². The number of piperazine rings is 1. The highest BCUT2D eigenvalue weighted by molar-refractivity contribution is 7.98. The van der Waals surface area contributed by atoms with Crippen LogP contribution in [-0.4, -0.2) is 62.7 Å². The molecule has 168 valence electrons. The maximum atomic E-state index is 13.0. The predicted octanol–water partition coefficient (Wildman–Crippen LogP) is 4.68. The fourth-order valence-corrected chi connectivity index (χ4v) is 5.36. The molecule has 3 heterocycles. The number of amides is 1. The highest BCUT2D eigenvalue weighted by Gasteiger charge is 2.23. The van der Waals surface area contributed by atoms with Crippen LogP contribution in [0.25, 0.3) is 16.3 Å². The summed E-state index contributed by atoms with van der Waals surface area (Å²) in [4.78, 5) is 26.5. The minimum Gasteiger partial charge on any atom is -0.336 e. The van der Waals surface area contributed by atoms with E-state index in [0.29, 0.717) is 0 Å². The Kier molecular flexibility index (Phi) is 6.57. The van der Waals surface area contributed by atoms with E-state index in [1.165, 1.54) is 0 Å². The Balaban J connectivity index is 1.17. The number of nitrogens with zero attached hydrogens (tertiary/aromatic N) is 5. The van der Waals surface area contributed by atoms with Crippen molar-refractivity contribution in [2.45, 2.75) is 11.7 Å². The number of aromatic nitrogens is 3. The van der Waals surface area contributed by atoms with Gasteiger partial charge in [0.1, 0.15) is 5.01 Å². The minimum atomic E-state index is 0.0944. The summed E-state index contributed by atoms with van der Waals surface area (Å²) in [6.07, 6.45) is 5.73. The zero-order valence-corrected chi connectivity index (χ0v) is 20.1. The maximum Gasteiger partial charge on any atom is 0.253 e. The number of carbonyl (C=O) groups is 1. The molecule has 1 saturated heterocycles. The molecule has 5 rings (SSSR count). The minimum absolute atomic E-state index is 0.0944. The normalized spacial score (nSPS) is 14.5. The lowest BCUT2D eigenvalue weighted by molar-refractivity contribution is 0.0627. The van der Waals surface area contributed by atoms with Gasteiger partial charge >= 0.3 is 0 Å². The van der Waals surface area contributed by atoms with E-state index in [-0.39, 0.29) is 5.91 Å². The summed E-state index contributed by atoms with van der Waals surface area (Å²) >= 11 is 3.29. The summed E-state index contributed by atoms with van der Waals surface area (Å²) in [6.45, 7) is 3.99. The number of thiazole rings is 1. The van der Waals surface area contributed by atoms with Gasteiger partial charge in [-0.25, -0.2) is 9.97 Å². The lowest BCUT2D eigenvalue weighted by atomic mass is 10.1. The second-order valence-electron chi connectivity index (χ2n) is 7.91. The molecule has 2 aromatic heterocycles. The van der Waals surface area contributed by atoms with Gasteiger partial charge in [0.05, 0.1) is 5.69 Å². The van der Waals surface area contributed by atoms with Gasteiger partial charge in [-0.1, -0.05) is 42.1 Å². The van der Waals surface area contributed by atoms with Crippen molar-refractivity contribution in [1.82, 2.24) is 24.3 Å². The summed E-state index contributed by atoms with van der Waals surface area (Å²) in [6, 6.07) is 18.1. The van der Waals surface area contributed by atoms with Crippen molar-refractivity contribution in [3.05, 3.63) is 83.6 Å². The number of benzene rings is 2. The molecule has 0 bridgehead atoms. The fourth-order valence-electron chi connectivity index (χ4n) is 4.02. The third-order valence-corrected chi connectivity index (χ3v) is 7.41. The molecule has 0 aliphatic carbocycles. The maximum absolute atomic E-state index is 13.0. The average molecular weight is 476 g/mol. The Hall–Kier alpha value is -2.94. The van der Waals surface area contributed by atoms with Gasteiger partial charge in [0, 0.05) is 67.3 Å². The van der Waals surface area contributed by atoms with Crippen LogP contribution in [0.1, 0.15) is 16.1 Å². The zero-order chi connectivity index (χ0) is 22.6. The van der Waals surface area contributed by atoms with Crippen molar-refractivity contribution in [2.24, 2.45) is 0 Å². The summed E-state index contributed by atoms with van der Waals surface area (Å²) in [5.41, 5.74) is 3.99. The van der Waals surface area contributed by atoms with E-state index in [4.69, 9.17) is 4.98 Å². The van der Waals surface area contributed by atoms with Crippen molar-refractivity contribution in [1.29, 1.82) is 0 Å². The molecule has 0 N–H and O–H groups in total. The number of imidazole rings is 1. The van der Waals surface area contributed by atoms with Crippen LogP contribution in [0.15, 0.2) is 77.5 Å². The van der Waals surface area contributed by atoms with Gasteiger partial charge in [-0.05, 0) is 30.5 Å². The average Bonchev–Trinajstić information content (AvgIpc) is 3.54. The summed E-state index contributed by atoms with van der Waals surface area (Å²) < 4.78 is 2.03. The van der Waals surface area contributed by atoms with E-state index in [1.807, 2.05) is 64.4 Å². The van der Waals surface area contributed by atoms with Gasteiger partial charge in [0.2, 0.25) is 0 Å². The van der Waals surface area contributed by atoms with Crippen LogP contribution in [0.4, 0.5) is 0 Å². The second kappa shape index (κ2) is 9.91. The Morgan fingerprint density at radius 2 is 1.79 bits per heavy atom. The zero-order valence-electron chi connectivity index (χ0n) is 18.4. The third-order valence-electron chi connectivity index (χ3n) is 5.80. The third kappa shape index (κ3) is 4.88. The molecule has 8 heteroatoms. The van der Waals surface area contributed by atoms with Crippen molar-refractivity contribution >= 4 is 29.0 Å². The molecule has 1 aliphatic rings. The lowest BCUT2D eigenvalue weighted by Crippen LogP contribution is -2.48. The Labute approximate surface area is 201 Å². The Morgan fingerprint density at radius 1 is 1.03 bits per heavy atom. The Morgan fingerprint density at radius 3 is 2.52 bits per heavy atom. The van der Waals surface area contributed by atoms with Crippen molar-refractivity contribution < 1.29 is 4.79 Å². The highest BCUT2D eigenvalue weighted by atomic mass is 32.2. The van der Waals surface area contributed by atoms with Crippen LogP contribution in [0.2, 0.25) is 0 Å². The first kappa shape index (κ1) is 21.9. The van der Waals surface area contributed by atoms with Gasteiger partial charge in [0.15, 0.2) is 5.16 Å². The molecular formula is C25H25N5OS2. The second-order valence-corrected chi connectivity index (χ2v) is 9.54. The van der Waals surface area contributed by atoms with Gasteiger partial charge in [-0.3, -0.25) is 14.3 Å². The standard InChI is InChI=1S/C25H25N5OS2/c1-32-25-26-11-12-30(25)22-9-7-20(8-10-22)24(31)29-15-13-28(14-16-29)17-21-18-33-23(27-21)19-5-3-2-4-6-19/h2-12,18H,13-17H2,1H3. The molecule has 1 fully saturated rings. The largest absolute Gasteiger partial charge is 0.336 e. The highest BCUT2D eigenvalue weighted by Crippen LogP contribution is 2.24. The molecule has 0 atom stereocenters. The Bertz CT molecular complexity index is 1210. The smallest absolute Gasteiger partial charge is 0.253 e. The summed E-state index contributed by atoms with van der Waals surface area (Å²) in [7, 11) is 0. The van der Waals surface area contributed by atoms with Gasteiger partial charge < -0.3 is 4.90 Å². The first-order valence-corrected chi connectivity index (χ1v) is 13.0. The van der Waals surface area contributed by atoms with Gasteiger partial charge in [-0.15, -0.1) is 11.3 Å². The molecule has 2 aromatic carbocycles. The number of hydrogen-bond acceptors (Lipinski definition) is 6. The molecule has 4 aromatic rings. The summed E-state index contributed by atoms with van der Waals surface area (Å²) in [5.74, 6) is 0.0944. The molecule has 0 saturated carbocycles. The summed E-state index contributed by atoms with van der Waals surface area (Å²) in [5, 5.41) is 4.13. The molecular weight excluding hydrogens is 450 g/mol. The number of carbonyl (C=O) groups excluding carboxylic acids is 1. The molecule has 1 amide bonds. The number of hydrogen-bond donors (Lipinski definition) is 0. The van der Waals surface area contributed by atoms with Crippen LogP contribution >= 0.6 is 23.1 Å². The van der Waals surface area contributed by atoms with E-state index in [9.17, 15) is 4.79 Å². The van der Waals surface area contributed by atoms with Crippen LogP contribution in [-0.2, 0) is 6.54 Å². The van der Waals surface area contributed by atoms with E-state index in [2.05, 4.69) is 27.4 Å². The lowest BCUT2D eigenvalue weighted by Gasteiger charge is -2.34. The topological polar surface area (TPSA) is 54.3 Å². The number of rotatable bonds is 6. The first-order chi connectivity index (χ1) is 16.2. The first-order valence-electron chi connectivity index (χ1n) is 10.9. The van der Waals surface area contributed by atoms with Gasteiger partial charge in [-0.2, -0.15) is 0 Å². The van der Waals surface area contributed by atoms with E-state index in [0.717, 1.165) is 65.4 Å². The quantitative estimate of drug-likeness (QED) is 0.379. The van der Waals surface area contributed by atoms with Crippen molar-refractivity contribution in [3.8, 4) is 16.3 Å². The van der Waals surface area contributed by atoms with Crippen LogP contribution in [0, 0.1) is 0 Å². The monoisotopic (exact) mass is 475 g/mol. The molecule has 33 heavy (non-hydrogen) atoms. The molecule has 0 unspecified atom stereocenters. The van der Waals surface area contributed by atoms with Crippen molar-refractivity contribution in [3.63, 3.8) is 0 Å². The van der Waals surface area contributed by atoms with E-state index < -0.39 is 0 Å². The van der Waals surface area contributed by atoms with E-state index in [1.54, 1.807) is 29.3 Å². The van der Waals surface area contributed by atoms with Crippen LogP contribution < -0.4 is 0 Å². The van der Waals surface area contributed by atoms with Gasteiger partial charge in [0.25, 0.3) is 5.91 Å². The molecule has 0 spiro atoms. The van der Waals surface area contributed by atoms with Crippen molar-refractivity contribution in [2.75, 3.05) is 32.4 Å². The predicted molar refractivity (Wildman–Crippen MR) is 134 cm³/mol. The van der Waals surface area contributed by atoms with E-state index >= 15 is 0 Å². The number of thioether (sulfide) groups is 1. The fraction of sp³-hybridized carbons (Fsp3) is 0.240.